The second-order valence-electron chi connectivity index (χ2n) is 3.75. The van der Waals surface area contributed by atoms with Crippen molar-refractivity contribution in [3.05, 3.63) is 22.8 Å². The predicted molar refractivity (Wildman–Crippen MR) is 75.2 cm³/mol. The van der Waals surface area contributed by atoms with Crippen molar-refractivity contribution in [2.45, 2.75) is 18.9 Å². The Labute approximate surface area is 115 Å². The lowest BCUT2D eigenvalue weighted by Gasteiger charge is -2.01. The highest BCUT2D eigenvalue weighted by atomic mass is 32.2. The second kappa shape index (κ2) is 6.26. The summed E-state index contributed by atoms with van der Waals surface area (Å²) in [6.07, 6.45) is 0. The molecule has 0 bridgehead atoms. The summed E-state index contributed by atoms with van der Waals surface area (Å²) >= 11 is 3.30. The van der Waals surface area contributed by atoms with E-state index in [-0.39, 0.29) is 0 Å². The lowest BCUT2D eigenvalue weighted by Crippen LogP contribution is -1.94. The fourth-order valence-electron chi connectivity index (χ4n) is 1.52. The summed E-state index contributed by atoms with van der Waals surface area (Å²) in [5.74, 6) is 0.892. The first-order chi connectivity index (χ1) is 8.70. The highest BCUT2D eigenvalue weighted by Gasteiger charge is 2.09. The van der Waals surface area contributed by atoms with Crippen LogP contribution in [-0.2, 0) is 4.74 Å². The Hall–Kier alpha value is -0.980. The van der Waals surface area contributed by atoms with Gasteiger partial charge in [-0.2, -0.15) is 0 Å². The Balaban J connectivity index is 2.10. The van der Waals surface area contributed by atoms with Gasteiger partial charge >= 0.3 is 0 Å². The summed E-state index contributed by atoms with van der Waals surface area (Å²) in [6, 6.07) is 4.00. The van der Waals surface area contributed by atoms with E-state index in [1.807, 2.05) is 26.0 Å². The number of thiazole rings is 1. The third-order valence-corrected chi connectivity index (χ3v) is 4.29. The molecule has 0 N–H and O–H groups in total. The topological polar surface area (TPSA) is 47.9 Å². The third kappa shape index (κ3) is 3.28. The fraction of sp³-hybridized carbons (Fsp3) is 0.417. The van der Waals surface area contributed by atoms with E-state index in [1.54, 1.807) is 30.2 Å². The van der Waals surface area contributed by atoms with Crippen LogP contribution in [0.3, 0.4) is 0 Å². The molecule has 0 amide bonds. The molecule has 0 aliphatic carbocycles. The molecular weight excluding hydrogens is 266 g/mol. The van der Waals surface area contributed by atoms with Gasteiger partial charge in [-0.25, -0.2) is 4.98 Å². The molecule has 2 rings (SSSR count). The average Bonchev–Trinajstić information content (AvgIpc) is 2.70. The molecule has 2 aromatic heterocycles. The minimum atomic E-state index is 0.723. The Morgan fingerprint density at radius 1 is 1.28 bits per heavy atom. The van der Waals surface area contributed by atoms with Gasteiger partial charge in [-0.15, -0.1) is 33.3 Å². The van der Waals surface area contributed by atoms with Gasteiger partial charge in [0.05, 0.1) is 22.2 Å². The number of thioether (sulfide) groups is 1. The van der Waals surface area contributed by atoms with Crippen LogP contribution in [0.1, 0.15) is 10.7 Å². The Kier molecular flexibility index (Phi) is 4.68. The molecule has 0 saturated carbocycles. The number of hydrogen-bond donors (Lipinski definition) is 0. The first-order valence-electron chi connectivity index (χ1n) is 5.60. The van der Waals surface area contributed by atoms with Crippen molar-refractivity contribution >= 4 is 23.1 Å². The van der Waals surface area contributed by atoms with Crippen LogP contribution in [0.4, 0.5) is 0 Å². The third-order valence-electron chi connectivity index (χ3n) is 2.31. The molecule has 0 spiro atoms. The molecule has 18 heavy (non-hydrogen) atoms. The van der Waals surface area contributed by atoms with Crippen LogP contribution >= 0.6 is 23.1 Å². The first-order valence-corrected chi connectivity index (χ1v) is 7.41. The molecule has 0 radical (unpaired) electrons. The van der Waals surface area contributed by atoms with Crippen LogP contribution in [0.25, 0.3) is 10.6 Å². The van der Waals surface area contributed by atoms with E-state index < -0.39 is 0 Å². The van der Waals surface area contributed by atoms with Crippen LogP contribution in [0, 0.1) is 13.8 Å². The van der Waals surface area contributed by atoms with Gasteiger partial charge in [0.15, 0.2) is 0 Å². The number of nitrogens with zero attached hydrogens (tertiary/aromatic N) is 3. The van der Waals surface area contributed by atoms with Crippen LogP contribution < -0.4 is 0 Å². The fourth-order valence-corrected chi connectivity index (χ4v) is 3.12. The summed E-state index contributed by atoms with van der Waals surface area (Å²) in [7, 11) is 1.70. The van der Waals surface area contributed by atoms with E-state index in [0.717, 1.165) is 38.7 Å². The maximum atomic E-state index is 5.00. The number of aryl methyl sites for hydroxylation is 2. The summed E-state index contributed by atoms with van der Waals surface area (Å²) in [6.45, 7) is 4.73. The van der Waals surface area contributed by atoms with Crippen molar-refractivity contribution in [3.63, 3.8) is 0 Å². The molecule has 0 aliphatic rings. The summed E-state index contributed by atoms with van der Waals surface area (Å²) in [4.78, 5) is 5.50. The SMILES string of the molecule is COCCSc1ccc(-c2sc(C)nc2C)nn1. The lowest BCUT2D eigenvalue weighted by atomic mass is 10.3. The highest BCUT2D eigenvalue weighted by molar-refractivity contribution is 7.99. The van der Waals surface area contributed by atoms with Gasteiger partial charge in [-0.1, -0.05) is 0 Å². The zero-order valence-electron chi connectivity index (χ0n) is 10.6. The van der Waals surface area contributed by atoms with E-state index in [9.17, 15) is 0 Å². The van der Waals surface area contributed by atoms with E-state index in [4.69, 9.17) is 4.74 Å². The molecule has 6 heteroatoms. The zero-order chi connectivity index (χ0) is 13.0. The van der Waals surface area contributed by atoms with E-state index in [1.165, 1.54) is 0 Å². The van der Waals surface area contributed by atoms with Gasteiger partial charge in [0.1, 0.15) is 10.7 Å². The first kappa shape index (κ1) is 13.5. The van der Waals surface area contributed by atoms with Crippen LogP contribution in [0.15, 0.2) is 17.2 Å². The standard InChI is InChI=1S/C12H15N3OS2/c1-8-12(18-9(2)13-8)10-4-5-11(15-14-10)17-7-6-16-3/h4-5H,6-7H2,1-3H3. The minimum Gasteiger partial charge on any atom is -0.384 e. The second-order valence-corrected chi connectivity index (χ2v) is 6.06. The monoisotopic (exact) mass is 281 g/mol. The molecule has 4 nitrogen and oxygen atoms in total. The van der Waals surface area contributed by atoms with Gasteiger partial charge in [0.25, 0.3) is 0 Å². The van der Waals surface area contributed by atoms with Crippen molar-refractivity contribution in [2.75, 3.05) is 19.5 Å². The molecule has 0 aromatic carbocycles. The number of ether oxygens (including phenoxy) is 1. The Bertz CT molecular complexity index is 511. The van der Waals surface area contributed by atoms with Crippen LogP contribution in [-0.4, -0.2) is 34.7 Å². The quantitative estimate of drug-likeness (QED) is 0.623. The lowest BCUT2D eigenvalue weighted by molar-refractivity contribution is 0.218. The molecule has 2 heterocycles. The Morgan fingerprint density at radius 2 is 2.11 bits per heavy atom. The smallest absolute Gasteiger partial charge is 0.119 e. The van der Waals surface area contributed by atoms with Crippen LogP contribution in [0.2, 0.25) is 0 Å². The Morgan fingerprint density at radius 3 is 2.67 bits per heavy atom. The van der Waals surface area contributed by atoms with E-state index in [0.29, 0.717) is 0 Å². The van der Waals surface area contributed by atoms with Crippen molar-refractivity contribution in [1.82, 2.24) is 15.2 Å². The number of hydrogen-bond acceptors (Lipinski definition) is 6. The average molecular weight is 281 g/mol. The molecule has 2 aromatic rings. The molecule has 0 fully saturated rings. The molecule has 0 aliphatic heterocycles. The molecule has 0 atom stereocenters. The molecule has 0 saturated heterocycles. The predicted octanol–water partition coefficient (Wildman–Crippen LogP) is 2.96. The number of methoxy groups -OCH3 is 1. The van der Waals surface area contributed by atoms with Gasteiger partial charge in [0, 0.05) is 12.9 Å². The minimum absolute atomic E-state index is 0.723. The molecular formula is C12H15N3OS2. The van der Waals surface area contributed by atoms with Gasteiger partial charge in [0.2, 0.25) is 0 Å². The van der Waals surface area contributed by atoms with Gasteiger partial charge in [-0.05, 0) is 26.0 Å². The summed E-state index contributed by atoms with van der Waals surface area (Å²) < 4.78 is 5.00. The van der Waals surface area contributed by atoms with E-state index in [2.05, 4.69) is 15.2 Å². The maximum absolute atomic E-state index is 5.00. The largest absolute Gasteiger partial charge is 0.384 e. The molecule has 0 unspecified atom stereocenters. The van der Waals surface area contributed by atoms with Crippen LogP contribution in [0.5, 0.6) is 0 Å². The normalized spacial score (nSPS) is 10.8. The van der Waals surface area contributed by atoms with E-state index >= 15 is 0 Å². The van der Waals surface area contributed by atoms with Crippen molar-refractivity contribution in [2.24, 2.45) is 0 Å². The number of aromatic nitrogens is 3. The maximum Gasteiger partial charge on any atom is 0.119 e. The van der Waals surface area contributed by atoms with Gasteiger partial charge in [-0.3, -0.25) is 0 Å². The van der Waals surface area contributed by atoms with Crippen molar-refractivity contribution in [3.8, 4) is 10.6 Å². The summed E-state index contributed by atoms with van der Waals surface area (Å²) in [5, 5.41) is 10.5. The van der Waals surface area contributed by atoms with Crippen molar-refractivity contribution < 1.29 is 4.74 Å². The molecule has 96 valence electrons. The summed E-state index contributed by atoms with van der Waals surface area (Å²) in [5.41, 5.74) is 1.92. The highest BCUT2D eigenvalue weighted by Crippen LogP contribution is 2.28. The number of rotatable bonds is 5. The zero-order valence-corrected chi connectivity index (χ0v) is 12.3. The van der Waals surface area contributed by atoms with Gasteiger partial charge < -0.3 is 4.74 Å². The van der Waals surface area contributed by atoms with Crippen molar-refractivity contribution in [1.29, 1.82) is 0 Å².